The number of hydrogen-bond acceptors (Lipinski definition) is 2. The van der Waals surface area contributed by atoms with Crippen molar-refractivity contribution in [2.75, 3.05) is 7.11 Å². The number of hydrogen-bond donors (Lipinski definition) is 0. The summed E-state index contributed by atoms with van der Waals surface area (Å²) in [5, 5.41) is 0. The fraction of sp³-hybridized carbons (Fsp3) is 0.417. The maximum Gasteiger partial charge on any atom is 0.348 e. The summed E-state index contributed by atoms with van der Waals surface area (Å²) < 4.78 is 18.5. The quantitative estimate of drug-likeness (QED) is 0.717. The second-order valence-electron chi connectivity index (χ2n) is 3.55. The summed E-state index contributed by atoms with van der Waals surface area (Å²) >= 11 is 0. The van der Waals surface area contributed by atoms with Crippen molar-refractivity contribution in [3.05, 3.63) is 35.4 Å². The van der Waals surface area contributed by atoms with Gasteiger partial charge in [-0.2, -0.15) is 0 Å². The van der Waals surface area contributed by atoms with Gasteiger partial charge in [0.1, 0.15) is 0 Å². The topological polar surface area (TPSA) is 26.3 Å². The van der Waals surface area contributed by atoms with E-state index >= 15 is 0 Å². The number of methoxy groups -OCH3 is 1. The van der Waals surface area contributed by atoms with Gasteiger partial charge < -0.3 is 4.74 Å². The molecule has 0 aromatic heterocycles. The van der Waals surface area contributed by atoms with Crippen LogP contribution in [0, 0.1) is 0 Å². The Hall–Kier alpha value is -1.38. The van der Waals surface area contributed by atoms with E-state index in [0.29, 0.717) is 5.56 Å². The summed E-state index contributed by atoms with van der Waals surface area (Å²) in [6, 6.07) is 6.93. The largest absolute Gasteiger partial charge is 0.466 e. The first kappa shape index (κ1) is 11.7. The van der Waals surface area contributed by atoms with Crippen LogP contribution in [0.4, 0.5) is 4.39 Å². The standard InChI is InChI=1S/C12H15FO2/c1-4-9-6-5-7-10(8-9)12(2,13)11(14)15-3/h5-8H,4H2,1-3H3. The lowest BCUT2D eigenvalue weighted by molar-refractivity contribution is -0.154. The van der Waals surface area contributed by atoms with Gasteiger partial charge in [-0.25, -0.2) is 9.18 Å². The van der Waals surface area contributed by atoms with Gasteiger partial charge in [0.2, 0.25) is 5.67 Å². The normalized spacial score (nSPS) is 14.4. The summed E-state index contributed by atoms with van der Waals surface area (Å²) in [6.45, 7) is 3.19. The molecule has 0 aliphatic rings. The summed E-state index contributed by atoms with van der Waals surface area (Å²) in [4.78, 5) is 11.2. The molecule has 15 heavy (non-hydrogen) atoms. The van der Waals surface area contributed by atoms with Crippen LogP contribution in [0.3, 0.4) is 0 Å². The second-order valence-corrected chi connectivity index (χ2v) is 3.55. The number of carbonyl (C=O) groups excluding carboxylic acids is 1. The van der Waals surface area contributed by atoms with Gasteiger partial charge in [0.25, 0.3) is 0 Å². The highest BCUT2D eigenvalue weighted by Crippen LogP contribution is 2.27. The molecule has 0 N–H and O–H groups in total. The van der Waals surface area contributed by atoms with E-state index in [0.717, 1.165) is 12.0 Å². The monoisotopic (exact) mass is 210 g/mol. The number of ether oxygens (including phenoxy) is 1. The molecule has 2 nitrogen and oxygen atoms in total. The Bertz CT molecular complexity index is 358. The van der Waals surface area contributed by atoms with Crippen molar-refractivity contribution < 1.29 is 13.9 Å². The third kappa shape index (κ3) is 2.35. The zero-order valence-corrected chi connectivity index (χ0v) is 9.21. The van der Waals surface area contributed by atoms with Crippen LogP contribution in [0.15, 0.2) is 24.3 Å². The number of halogens is 1. The Labute approximate surface area is 89.1 Å². The molecule has 1 rings (SSSR count). The molecule has 1 aromatic rings. The van der Waals surface area contributed by atoms with E-state index < -0.39 is 11.6 Å². The Morgan fingerprint density at radius 1 is 1.53 bits per heavy atom. The van der Waals surface area contributed by atoms with Crippen molar-refractivity contribution >= 4 is 5.97 Å². The summed E-state index contributed by atoms with van der Waals surface area (Å²) in [7, 11) is 1.18. The number of benzene rings is 1. The van der Waals surface area contributed by atoms with Crippen LogP contribution in [-0.2, 0) is 21.6 Å². The smallest absolute Gasteiger partial charge is 0.348 e. The molecular weight excluding hydrogens is 195 g/mol. The van der Waals surface area contributed by atoms with Gasteiger partial charge in [-0.1, -0.05) is 31.2 Å². The van der Waals surface area contributed by atoms with Crippen LogP contribution >= 0.6 is 0 Å². The van der Waals surface area contributed by atoms with Crippen LogP contribution in [-0.4, -0.2) is 13.1 Å². The molecule has 0 fully saturated rings. The summed E-state index contributed by atoms with van der Waals surface area (Å²) in [6.07, 6.45) is 0.811. The lowest BCUT2D eigenvalue weighted by Gasteiger charge is -2.18. The predicted octanol–water partition coefficient (Wildman–Crippen LogP) is 2.61. The van der Waals surface area contributed by atoms with Gasteiger partial charge in [-0.3, -0.25) is 0 Å². The SMILES string of the molecule is CCc1cccc(C(C)(F)C(=O)OC)c1. The van der Waals surface area contributed by atoms with Gasteiger partial charge >= 0.3 is 5.97 Å². The first-order valence-corrected chi connectivity index (χ1v) is 4.89. The number of aryl methyl sites for hydroxylation is 1. The molecule has 1 aromatic carbocycles. The van der Waals surface area contributed by atoms with E-state index in [-0.39, 0.29) is 0 Å². The lowest BCUT2D eigenvalue weighted by Crippen LogP contribution is -2.28. The van der Waals surface area contributed by atoms with Crippen molar-refractivity contribution in [3.8, 4) is 0 Å². The van der Waals surface area contributed by atoms with Crippen LogP contribution in [0.1, 0.15) is 25.0 Å². The minimum absolute atomic E-state index is 0.341. The molecular formula is C12H15FO2. The minimum atomic E-state index is -2.07. The molecule has 3 heteroatoms. The Morgan fingerprint density at radius 3 is 2.73 bits per heavy atom. The van der Waals surface area contributed by atoms with Crippen LogP contribution < -0.4 is 0 Å². The summed E-state index contributed by atoms with van der Waals surface area (Å²) in [5.41, 5.74) is -0.728. The molecule has 0 saturated heterocycles. The second kappa shape index (κ2) is 4.43. The van der Waals surface area contributed by atoms with Crippen molar-refractivity contribution in [2.24, 2.45) is 0 Å². The van der Waals surface area contributed by atoms with Crippen LogP contribution in [0.2, 0.25) is 0 Å². The number of esters is 1. The molecule has 0 aliphatic carbocycles. The van der Waals surface area contributed by atoms with Crippen molar-refractivity contribution in [1.29, 1.82) is 0 Å². The highest BCUT2D eigenvalue weighted by Gasteiger charge is 2.36. The molecule has 0 aliphatic heterocycles. The van der Waals surface area contributed by atoms with E-state index in [1.807, 2.05) is 13.0 Å². The van der Waals surface area contributed by atoms with Crippen LogP contribution in [0.5, 0.6) is 0 Å². The van der Waals surface area contributed by atoms with Crippen molar-refractivity contribution in [2.45, 2.75) is 25.9 Å². The van der Waals surface area contributed by atoms with Gasteiger partial charge in [-0.05, 0) is 18.9 Å². The van der Waals surface area contributed by atoms with E-state index in [1.54, 1.807) is 18.2 Å². The molecule has 0 radical (unpaired) electrons. The van der Waals surface area contributed by atoms with Crippen molar-refractivity contribution in [3.63, 3.8) is 0 Å². The van der Waals surface area contributed by atoms with E-state index in [1.165, 1.54) is 14.0 Å². The number of rotatable bonds is 3. The average molecular weight is 210 g/mol. The summed E-state index contributed by atoms with van der Waals surface area (Å²) in [5.74, 6) is -0.865. The number of carbonyl (C=O) groups is 1. The first-order chi connectivity index (χ1) is 7.02. The predicted molar refractivity (Wildman–Crippen MR) is 56.3 cm³/mol. The fourth-order valence-electron chi connectivity index (χ4n) is 1.39. The van der Waals surface area contributed by atoms with Crippen LogP contribution in [0.25, 0.3) is 0 Å². The third-order valence-electron chi connectivity index (χ3n) is 2.45. The zero-order chi connectivity index (χ0) is 11.5. The maximum atomic E-state index is 14.1. The molecule has 0 spiro atoms. The van der Waals surface area contributed by atoms with E-state index in [2.05, 4.69) is 4.74 Å². The van der Waals surface area contributed by atoms with Gasteiger partial charge in [0.05, 0.1) is 7.11 Å². The molecule has 0 amide bonds. The van der Waals surface area contributed by atoms with Gasteiger partial charge in [0, 0.05) is 5.56 Å². The molecule has 1 unspecified atom stereocenters. The third-order valence-corrected chi connectivity index (χ3v) is 2.45. The highest BCUT2D eigenvalue weighted by atomic mass is 19.1. The lowest BCUT2D eigenvalue weighted by atomic mass is 9.96. The zero-order valence-electron chi connectivity index (χ0n) is 9.21. The molecule has 0 saturated carbocycles. The molecule has 82 valence electrons. The highest BCUT2D eigenvalue weighted by molar-refractivity contribution is 5.80. The minimum Gasteiger partial charge on any atom is -0.466 e. The van der Waals surface area contributed by atoms with Gasteiger partial charge in [0.15, 0.2) is 0 Å². The molecule has 1 atom stereocenters. The van der Waals surface area contributed by atoms with Gasteiger partial charge in [-0.15, -0.1) is 0 Å². The maximum absolute atomic E-state index is 14.1. The Balaban J connectivity index is 3.09. The molecule has 0 heterocycles. The fourth-order valence-corrected chi connectivity index (χ4v) is 1.39. The first-order valence-electron chi connectivity index (χ1n) is 4.89. The van der Waals surface area contributed by atoms with E-state index in [9.17, 15) is 9.18 Å². The molecule has 0 bridgehead atoms. The van der Waals surface area contributed by atoms with E-state index in [4.69, 9.17) is 0 Å². The Kier molecular flexibility index (Phi) is 3.45. The Morgan fingerprint density at radius 2 is 2.20 bits per heavy atom. The number of alkyl halides is 1. The average Bonchev–Trinajstić information content (AvgIpc) is 2.27. The van der Waals surface area contributed by atoms with Crippen molar-refractivity contribution in [1.82, 2.24) is 0 Å².